The summed E-state index contributed by atoms with van der Waals surface area (Å²) in [6.07, 6.45) is -0.883. The first kappa shape index (κ1) is 18.3. The summed E-state index contributed by atoms with van der Waals surface area (Å²) >= 11 is 0. The average molecular weight is 347 g/mol. The first-order valence-corrected chi connectivity index (χ1v) is 7.47. The maximum atomic E-state index is 12.4. The molecule has 25 heavy (non-hydrogen) atoms. The van der Waals surface area contributed by atoms with Crippen molar-refractivity contribution in [2.45, 2.75) is 13.3 Å². The second-order valence-electron chi connectivity index (χ2n) is 4.95. The zero-order valence-electron chi connectivity index (χ0n) is 13.8. The van der Waals surface area contributed by atoms with Crippen LogP contribution >= 0.6 is 0 Å². The Bertz CT molecular complexity index is 712. The number of nitro groups is 1. The third kappa shape index (κ3) is 3.90. The highest BCUT2D eigenvalue weighted by atomic mass is 16.6. The molecule has 1 aromatic rings. The predicted molar refractivity (Wildman–Crippen MR) is 87.6 cm³/mol. The molecule has 0 spiro atoms. The summed E-state index contributed by atoms with van der Waals surface area (Å²) in [4.78, 5) is 24.0. The van der Waals surface area contributed by atoms with Gasteiger partial charge in [-0.2, -0.15) is 10.4 Å². The Morgan fingerprint density at radius 3 is 2.60 bits per heavy atom. The average Bonchev–Trinajstić information content (AvgIpc) is 2.62. The van der Waals surface area contributed by atoms with Gasteiger partial charge in [-0.3, -0.25) is 19.8 Å². The third-order valence-electron chi connectivity index (χ3n) is 3.43. The molecular formula is C15H17N5O5. The third-order valence-corrected chi connectivity index (χ3v) is 3.43. The van der Waals surface area contributed by atoms with Crippen LogP contribution in [0.15, 0.2) is 29.4 Å². The van der Waals surface area contributed by atoms with Gasteiger partial charge in [-0.15, -0.1) is 0 Å². The van der Waals surface area contributed by atoms with Gasteiger partial charge in [0.1, 0.15) is 6.07 Å². The number of carbonyl (C=O) groups is 1. The van der Waals surface area contributed by atoms with Crippen LogP contribution in [0.25, 0.3) is 0 Å². The van der Waals surface area contributed by atoms with Gasteiger partial charge in [0.25, 0.3) is 11.6 Å². The van der Waals surface area contributed by atoms with E-state index in [1.807, 2.05) is 0 Å². The van der Waals surface area contributed by atoms with Gasteiger partial charge < -0.3 is 9.47 Å². The highest BCUT2D eigenvalue weighted by Gasteiger charge is 2.37. The minimum absolute atomic E-state index is 0.0782. The van der Waals surface area contributed by atoms with E-state index in [4.69, 9.17) is 9.47 Å². The number of anilines is 1. The lowest BCUT2D eigenvalue weighted by atomic mass is 10.2. The minimum atomic E-state index is -0.883. The summed E-state index contributed by atoms with van der Waals surface area (Å²) in [5, 5.41) is 25.4. The van der Waals surface area contributed by atoms with E-state index in [-0.39, 0.29) is 24.6 Å². The van der Waals surface area contributed by atoms with E-state index in [0.29, 0.717) is 12.3 Å². The van der Waals surface area contributed by atoms with Crippen LogP contribution in [0.1, 0.15) is 6.92 Å². The molecule has 1 aromatic carbocycles. The van der Waals surface area contributed by atoms with Crippen LogP contribution in [0.4, 0.5) is 11.4 Å². The van der Waals surface area contributed by atoms with E-state index >= 15 is 0 Å². The standard InChI is InChI=1S/C15H17N5O5/c1-3-25-15-18(8-9-24-2)14(21)13(10-16)17-19(15)11-4-6-12(7-5-11)20(22)23/h4-7,15H,3,8-9H2,1-2H3/t15-/m1/s1. The summed E-state index contributed by atoms with van der Waals surface area (Å²) in [6, 6.07) is 7.35. The maximum Gasteiger partial charge on any atom is 0.288 e. The molecule has 2 rings (SSSR count). The number of hydrazone groups is 1. The molecule has 0 unspecified atom stereocenters. The number of nitrogens with zero attached hydrogens (tertiary/aromatic N) is 5. The van der Waals surface area contributed by atoms with Crippen molar-refractivity contribution in [2.24, 2.45) is 5.10 Å². The van der Waals surface area contributed by atoms with E-state index in [0.717, 1.165) is 0 Å². The molecular weight excluding hydrogens is 330 g/mol. The molecule has 0 bridgehead atoms. The number of non-ortho nitro benzene ring substituents is 1. The molecule has 1 amide bonds. The van der Waals surface area contributed by atoms with Crippen molar-refractivity contribution in [3.63, 3.8) is 0 Å². The van der Waals surface area contributed by atoms with Crippen LogP contribution in [0.2, 0.25) is 0 Å². The van der Waals surface area contributed by atoms with E-state index in [1.54, 1.807) is 13.0 Å². The summed E-state index contributed by atoms with van der Waals surface area (Å²) in [7, 11) is 1.50. The number of ether oxygens (including phenoxy) is 2. The Morgan fingerprint density at radius 2 is 2.08 bits per heavy atom. The quantitative estimate of drug-likeness (QED) is 0.534. The minimum Gasteiger partial charge on any atom is -0.383 e. The van der Waals surface area contributed by atoms with Crippen molar-refractivity contribution in [3.05, 3.63) is 34.4 Å². The second-order valence-corrected chi connectivity index (χ2v) is 4.95. The van der Waals surface area contributed by atoms with Gasteiger partial charge >= 0.3 is 0 Å². The molecule has 0 aliphatic carbocycles. The lowest BCUT2D eigenvalue weighted by molar-refractivity contribution is -0.384. The Morgan fingerprint density at radius 1 is 1.40 bits per heavy atom. The first-order valence-electron chi connectivity index (χ1n) is 7.47. The lowest BCUT2D eigenvalue weighted by Crippen LogP contribution is -2.57. The van der Waals surface area contributed by atoms with Crippen LogP contribution < -0.4 is 5.01 Å². The summed E-state index contributed by atoms with van der Waals surface area (Å²) in [5.74, 6) is -0.559. The Balaban J connectivity index is 2.43. The Labute approximate surface area is 144 Å². The van der Waals surface area contributed by atoms with Gasteiger partial charge in [-0.1, -0.05) is 0 Å². The van der Waals surface area contributed by atoms with E-state index in [2.05, 4.69) is 5.10 Å². The second kappa shape index (κ2) is 8.18. The number of rotatable bonds is 7. The summed E-state index contributed by atoms with van der Waals surface area (Å²) < 4.78 is 10.6. The van der Waals surface area contributed by atoms with Gasteiger partial charge in [-0.25, -0.2) is 5.01 Å². The van der Waals surface area contributed by atoms with Crippen LogP contribution in [0.5, 0.6) is 0 Å². The molecule has 1 aliphatic heterocycles. The van der Waals surface area contributed by atoms with E-state index in [9.17, 15) is 20.2 Å². The van der Waals surface area contributed by atoms with Crippen molar-refractivity contribution >= 4 is 23.0 Å². The number of carbonyl (C=O) groups excluding carboxylic acids is 1. The molecule has 132 valence electrons. The Hall–Kier alpha value is -3.03. The lowest BCUT2D eigenvalue weighted by Gasteiger charge is -2.39. The fourth-order valence-corrected chi connectivity index (χ4v) is 2.26. The predicted octanol–water partition coefficient (Wildman–Crippen LogP) is 1.09. The number of nitro benzene ring substituents is 1. The smallest absolute Gasteiger partial charge is 0.288 e. The molecule has 0 aromatic heterocycles. The molecule has 0 N–H and O–H groups in total. The van der Waals surface area contributed by atoms with Gasteiger partial charge in [0, 0.05) is 32.4 Å². The van der Waals surface area contributed by atoms with Crippen molar-refractivity contribution in [1.29, 1.82) is 5.26 Å². The first-order chi connectivity index (χ1) is 12.0. The molecule has 0 saturated heterocycles. The normalized spacial score (nSPS) is 17.2. The topological polar surface area (TPSA) is 121 Å². The van der Waals surface area contributed by atoms with Crippen LogP contribution in [-0.2, 0) is 14.3 Å². The summed E-state index contributed by atoms with van der Waals surface area (Å²) in [6.45, 7) is 2.51. The highest BCUT2D eigenvalue weighted by Crippen LogP contribution is 2.26. The van der Waals surface area contributed by atoms with Gasteiger partial charge in [0.05, 0.1) is 17.2 Å². The van der Waals surface area contributed by atoms with Crippen molar-refractivity contribution in [1.82, 2.24) is 4.90 Å². The summed E-state index contributed by atoms with van der Waals surface area (Å²) in [5.41, 5.74) is 0.0719. The van der Waals surface area contributed by atoms with Gasteiger partial charge in [0.2, 0.25) is 12.1 Å². The molecule has 0 radical (unpaired) electrons. The molecule has 10 heteroatoms. The molecule has 1 heterocycles. The SMILES string of the molecule is CCO[C@@H]1N(CCOC)C(=O)C(C#N)=NN1c1ccc([N+](=O)[O-])cc1. The fraction of sp³-hybridized carbons (Fsp3) is 0.400. The molecule has 1 atom stereocenters. The number of methoxy groups -OCH3 is 1. The van der Waals surface area contributed by atoms with Crippen LogP contribution in [0, 0.1) is 21.4 Å². The highest BCUT2D eigenvalue weighted by molar-refractivity contribution is 6.45. The number of nitriles is 1. The number of hydrogen-bond acceptors (Lipinski definition) is 8. The number of amides is 1. The fourth-order valence-electron chi connectivity index (χ4n) is 2.26. The van der Waals surface area contributed by atoms with Crippen LogP contribution in [0.3, 0.4) is 0 Å². The maximum absolute atomic E-state index is 12.4. The van der Waals surface area contributed by atoms with Crippen molar-refractivity contribution < 1.29 is 19.2 Å². The van der Waals surface area contributed by atoms with Gasteiger partial charge in [-0.05, 0) is 19.1 Å². The number of hydrogen-bond donors (Lipinski definition) is 0. The number of benzene rings is 1. The monoisotopic (exact) mass is 347 g/mol. The largest absolute Gasteiger partial charge is 0.383 e. The molecule has 0 saturated carbocycles. The zero-order valence-corrected chi connectivity index (χ0v) is 13.8. The van der Waals surface area contributed by atoms with Crippen molar-refractivity contribution in [3.8, 4) is 6.07 Å². The molecule has 10 nitrogen and oxygen atoms in total. The molecule has 1 aliphatic rings. The Kier molecular flexibility index (Phi) is 5.99. The van der Waals surface area contributed by atoms with Gasteiger partial charge in [0.15, 0.2) is 0 Å². The van der Waals surface area contributed by atoms with E-state index in [1.165, 1.54) is 41.3 Å². The van der Waals surface area contributed by atoms with E-state index < -0.39 is 17.2 Å². The van der Waals surface area contributed by atoms with Crippen molar-refractivity contribution in [2.75, 3.05) is 31.9 Å². The molecule has 0 fully saturated rings. The van der Waals surface area contributed by atoms with Crippen LogP contribution in [-0.4, -0.2) is 54.7 Å². The zero-order chi connectivity index (χ0) is 18.4.